The number of fused-ring (bicyclic) bond motifs is 2. The molecule has 1 amide bonds. The highest BCUT2D eigenvalue weighted by Gasteiger charge is 2.15. The fraction of sp³-hybridized carbons (Fsp3) is 0.0400. The van der Waals surface area contributed by atoms with Crippen molar-refractivity contribution >= 4 is 61.5 Å². The summed E-state index contributed by atoms with van der Waals surface area (Å²) in [6.07, 6.45) is 1.97. The largest absolute Gasteiger partial charge is 0.477 e. The Balaban J connectivity index is 1.46. The van der Waals surface area contributed by atoms with Crippen molar-refractivity contribution in [2.45, 2.75) is 6.54 Å². The number of nitrogens with one attached hydrogen (secondary N) is 1. The van der Waals surface area contributed by atoms with Gasteiger partial charge in [0.2, 0.25) is 0 Å². The Labute approximate surface area is 192 Å². The van der Waals surface area contributed by atoms with Crippen molar-refractivity contribution in [3.8, 4) is 0 Å². The minimum Gasteiger partial charge on any atom is -0.477 e. The summed E-state index contributed by atoms with van der Waals surface area (Å²) in [5.74, 6) is -1.18. The first kappa shape index (κ1) is 20.3. The number of hydrogen-bond donors (Lipinski definition) is 2. The van der Waals surface area contributed by atoms with E-state index in [2.05, 4.69) is 9.88 Å². The molecule has 2 aromatic heterocycles. The number of carboxylic acids is 1. The molecule has 7 heteroatoms. The average Bonchev–Trinajstić information content (AvgIpc) is 3.39. The molecule has 0 aliphatic heterocycles. The van der Waals surface area contributed by atoms with Gasteiger partial charge in [-0.25, -0.2) is 4.79 Å². The third-order valence-electron chi connectivity index (χ3n) is 5.28. The maximum atomic E-state index is 13.2. The van der Waals surface area contributed by atoms with Crippen LogP contribution in [-0.2, 0) is 6.54 Å². The molecule has 32 heavy (non-hydrogen) atoms. The number of para-hydroxylation sites is 1. The van der Waals surface area contributed by atoms with E-state index in [1.807, 2.05) is 60.8 Å². The van der Waals surface area contributed by atoms with Crippen molar-refractivity contribution in [1.82, 2.24) is 4.57 Å². The highest BCUT2D eigenvalue weighted by Crippen LogP contribution is 2.29. The van der Waals surface area contributed by atoms with Gasteiger partial charge in [-0.05, 0) is 59.5 Å². The van der Waals surface area contributed by atoms with E-state index in [-0.39, 0.29) is 10.8 Å². The van der Waals surface area contributed by atoms with Crippen LogP contribution in [0.5, 0.6) is 0 Å². The van der Waals surface area contributed by atoms with Crippen molar-refractivity contribution in [3.05, 3.63) is 100 Å². The molecule has 158 valence electrons. The lowest BCUT2D eigenvalue weighted by atomic mass is 10.1. The number of aromatic carboxylic acids is 1. The fourth-order valence-corrected chi connectivity index (χ4v) is 4.80. The first-order valence-corrected chi connectivity index (χ1v) is 11.1. The molecule has 0 aliphatic carbocycles. The van der Waals surface area contributed by atoms with Gasteiger partial charge in [-0.2, -0.15) is 0 Å². The molecule has 3 aromatic carbocycles. The molecular formula is C25H17ClN2O3S. The molecule has 2 heterocycles. The number of benzene rings is 3. The van der Waals surface area contributed by atoms with Gasteiger partial charge in [-0.1, -0.05) is 35.9 Å². The van der Waals surface area contributed by atoms with Crippen molar-refractivity contribution in [2.75, 3.05) is 5.32 Å². The number of aromatic nitrogens is 1. The molecule has 0 spiro atoms. The highest BCUT2D eigenvalue weighted by molar-refractivity contribution is 7.20. The van der Waals surface area contributed by atoms with E-state index in [0.29, 0.717) is 22.8 Å². The number of carbonyl (C=O) groups is 2. The van der Waals surface area contributed by atoms with Gasteiger partial charge in [0.05, 0.1) is 11.1 Å². The van der Waals surface area contributed by atoms with Crippen LogP contribution in [0, 0.1) is 0 Å². The summed E-state index contributed by atoms with van der Waals surface area (Å²) in [6.45, 7) is 0.615. The molecule has 0 radical (unpaired) electrons. The van der Waals surface area contributed by atoms with Crippen LogP contribution in [0.4, 0.5) is 5.69 Å². The minimum absolute atomic E-state index is 0.223. The zero-order valence-corrected chi connectivity index (χ0v) is 18.3. The SMILES string of the molecule is O=C(O)c1cc2cc(NC(=O)c3cccc4ccn(Cc5ccc(Cl)cc5)c34)ccc2s1. The van der Waals surface area contributed by atoms with E-state index < -0.39 is 5.97 Å². The number of halogens is 1. The molecule has 2 N–H and O–H groups in total. The molecule has 0 bridgehead atoms. The number of carboxylic acid groups (broad SMARTS) is 1. The van der Waals surface area contributed by atoms with Gasteiger partial charge in [-0.15, -0.1) is 11.3 Å². The lowest BCUT2D eigenvalue weighted by molar-refractivity contribution is 0.0702. The van der Waals surface area contributed by atoms with Crippen LogP contribution in [0.1, 0.15) is 25.6 Å². The van der Waals surface area contributed by atoms with E-state index in [9.17, 15) is 14.7 Å². The molecule has 0 atom stereocenters. The second-order valence-corrected chi connectivity index (χ2v) is 8.96. The van der Waals surface area contributed by atoms with Gasteiger partial charge in [0, 0.05) is 33.5 Å². The van der Waals surface area contributed by atoms with E-state index in [1.165, 1.54) is 11.3 Å². The van der Waals surface area contributed by atoms with Crippen LogP contribution in [0.25, 0.3) is 21.0 Å². The third kappa shape index (κ3) is 3.86. The Bertz CT molecular complexity index is 1480. The predicted octanol–water partition coefficient (Wildman–Crippen LogP) is 6.51. The number of hydrogen-bond acceptors (Lipinski definition) is 3. The summed E-state index contributed by atoms with van der Waals surface area (Å²) in [6, 6.07) is 22.3. The number of amides is 1. The smallest absolute Gasteiger partial charge is 0.345 e. The van der Waals surface area contributed by atoms with Crippen LogP contribution in [-0.4, -0.2) is 21.6 Å². The second kappa shape index (κ2) is 8.15. The number of anilines is 1. The Kier molecular flexibility index (Phi) is 5.17. The monoisotopic (exact) mass is 460 g/mol. The summed E-state index contributed by atoms with van der Waals surface area (Å²) < 4.78 is 2.91. The highest BCUT2D eigenvalue weighted by atomic mass is 35.5. The van der Waals surface area contributed by atoms with Gasteiger partial charge in [0.15, 0.2) is 0 Å². The van der Waals surface area contributed by atoms with Crippen molar-refractivity contribution in [1.29, 1.82) is 0 Å². The maximum absolute atomic E-state index is 13.2. The first-order valence-electron chi connectivity index (χ1n) is 9.88. The topological polar surface area (TPSA) is 71.3 Å². The van der Waals surface area contributed by atoms with Crippen LogP contribution < -0.4 is 5.32 Å². The maximum Gasteiger partial charge on any atom is 0.345 e. The molecule has 5 aromatic rings. The number of rotatable bonds is 5. The van der Waals surface area contributed by atoms with E-state index in [1.54, 1.807) is 18.2 Å². The third-order valence-corrected chi connectivity index (χ3v) is 6.64. The van der Waals surface area contributed by atoms with Crippen LogP contribution in [0.3, 0.4) is 0 Å². The molecule has 0 saturated heterocycles. The summed E-state index contributed by atoms with van der Waals surface area (Å²) in [5.41, 5.74) is 3.12. The zero-order valence-electron chi connectivity index (χ0n) is 16.7. The Morgan fingerprint density at radius 1 is 0.969 bits per heavy atom. The molecule has 5 rings (SSSR count). The molecule has 0 saturated carbocycles. The van der Waals surface area contributed by atoms with Gasteiger partial charge in [0.25, 0.3) is 5.91 Å². The van der Waals surface area contributed by atoms with Gasteiger partial charge in [0.1, 0.15) is 4.88 Å². The normalized spacial score (nSPS) is 11.2. The van der Waals surface area contributed by atoms with Gasteiger partial charge < -0.3 is 15.0 Å². The predicted molar refractivity (Wildman–Crippen MR) is 129 cm³/mol. The molecule has 5 nitrogen and oxygen atoms in total. The Hall–Kier alpha value is -3.61. The zero-order chi connectivity index (χ0) is 22.2. The Morgan fingerprint density at radius 3 is 2.56 bits per heavy atom. The van der Waals surface area contributed by atoms with Crippen molar-refractivity contribution < 1.29 is 14.7 Å². The van der Waals surface area contributed by atoms with Gasteiger partial charge in [-0.3, -0.25) is 4.79 Å². The van der Waals surface area contributed by atoms with E-state index >= 15 is 0 Å². The number of thiophene rings is 1. The van der Waals surface area contributed by atoms with E-state index in [4.69, 9.17) is 11.6 Å². The summed E-state index contributed by atoms with van der Waals surface area (Å²) in [4.78, 5) is 24.7. The average molecular weight is 461 g/mol. The lowest BCUT2D eigenvalue weighted by Crippen LogP contribution is -2.13. The molecular weight excluding hydrogens is 444 g/mol. The standard InChI is InChI=1S/C25H17ClN2O3S/c26-18-6-4-15(5-7-18)14-28-11-10-16-2-1-3-20(23(16)28)24(29)27-19-8-9-21-17(12-19)13-22(32-21)25(30)31/h1-13H,14H2,(H,27,29)(H,30,31). The summed E-state index contributed by atoms with van der Waals surface area (Å²) >= 11 is 7.21. The van der Waals surface area contributed by atoms with E-state index in [0.717, 1.165) is 26.6 Å². The number of nitrogens with zero attached hydrogens (tertiary/aromatic N) is 1. The van der Waals surface area contributed by atoms with Crippen molar-refractivity contribution in [2.24, 2.45) is 0 Å². The molecule has 0 unspecified atom stereocenters. The minimum atomic E-state index is -0.954. The summed E-state index contributed by atoms with van der Waals surface area (Å²) in [5, 5.41) is 14.6. The molecule has 0 fully saturated rings. The first-order chi connectivity index (χ1) is 15.5. The van der Waals surface area contributed by atoms with Crippen molar-refractivity contribution in [3.63, 3.8) is 0 Å². The van der Waals surface area contributed by atoms with Crippen LogP contribution >= 0.6 is 22.9 Å². The fourth-order valence-electron chi connectivity index (χ4n) is 3.79. The van der Waals surface area contributed by atoms with Gasteiger partial charge >= 0.3 is 5.97 Å². The molecule has 0 aliphatic rings. The Morgan fingerprint density at radius 2 is 1.78 bits per heavy atom. The number of carbonyl (C=O) groups excluding carboxylic acids is 1. The second-order valence-electron chi connectivity index (χ2n) is 7.44. The quantitative estimate of drug-likeness (QED) is 0.314. The van der Waals surface area contributed by atoms with Crippen LogP contribution in [0.2, 0.25) is 5.02 Å². The summed E-state index contributed by atoms with van der Waals surface area (Å²) in [7, 11) is 0. The lowest BCUT2D eigenvalue weighted by Gasteiger charge is -2.11. The van der Waals surface area contributed by atoms with Crippen LogP contribution in [0.15, 0.2) is 79.0 Å².